The minimum absolute atomic E-state index is 0.0860. The Hall–Kier alpha value is -4.18. The topological polar surface area (TPSA) is 27.7 Å². The van der Waals surface area contributed by atoms with Gasteiger partial charge in [0.15, 0.2) is 0 Å². The molecule has 0 heterocycles. The molecule has 3 aromatic carbocycles. The van der Waals surface area contributed by atoms with E-state index in [0.29, 0.717) is 51.4 Å². The Morgan fingerprint density at radius 2 is 0.575 bits per heavy atom. The van der Waals surface area contributed by atoms with Gasteiger partial charge < -0.3 is 18.4 Å². The summed E-state index contributed by atoms with van der Waals surface area (Å²) in [6.45, 7) is 8.83. The molecule has 498 valence electrons. The normalized spacial score (nSPS) is 13.4. The smallest absolute Gasteiger partial charge is 0.490 e. The average Bonchev–Trinajstić information content (AvgIpc) is 0.886. The summed E-state index contributed by atoms with van der Waals surface area (Å²) in [5, 5.41) is 0. The van der Waals surface area contributed by atoms with Crippen molar-refractivity contribution in [1.29, 1.82) is 0 Å². The number of halogens is 18. The van der Waals surface area contributed by atoms with Crippen LogP contribution in [0.3, 0.4) is 0 Å². The van der Waals surface area contributed by atoms with Crippen molar-refractivity contribution in [3.05, 3.63) is 87.5 Å². The van der Waals surface area contributed by atoms with Gasteiger partial charge in [-0.05, 0) is 93.5 Å². The maximum absolute atomic E-state index is 16.3. The van der Waals surface area contributed by atoms with Gasteiger partial charge in [0.1, 0.15) is 23.3 Å². The fourth-order valence-corrected chi connectivity index (χ4v) is 11.3. The summed E-state index contributed by atoms with van der Waals surface area (Å²) in [6, 6.07) is -2.48. The number of nitrogens with zero attached hydrogens (tertiary/aromatic N) is 1. The summed E-state index contributed by atoms with van der Waals surface area (Å²) >= 11 is 0. The zero-order valence-electron chi connectivity index (χ0n) is 51.0. The lowest BCUT2D eigenvalue weighted by Gasteiger charge is -2.47. The summed E-state index contributed by atoms with van der Waals surface area (Å²) in [5.41, 5.74) is -13.1. The van der Waals surface area contributed by atoms with E-state index < -0.39 is 107 Å². The minimum Gasteiger partial charge on any atom is -0.490 e. The summed E-state index contributed by atoms with van der Waals surface area (Å²) in [7, 11) is -3.28. The molecule has 0 aliphatic carbocycles. The van der Waals surface area contributed by atoms with Crippen molar-refractivity contribution in [2.75, 3.05) is 19.6 Å². The molecule has 0 saturated heterocycles. The molecule has 3 rings (SSSR count). The van der Waals surface area contributed by atoms with Crippen LogP contribution in [0.25, 0.3) is 0 Å². The first kappa shape index (κ1) is 77.1. The van der Waals surface area contributed by atoms with Gasteiger partial charge in [-0.3, -0.25) is 0 Å². The highest BCUT2D eigenvalue weighted by molar-refractivity contribution is 6.39. The van der Waals surface area contributed by atoms with Gasteiger partial charge >= 0.3 is 44.4 Å². The SMILES string of the molecule is CCCCCCCCCCCCCCCC(c1c(OB(Oc2cc(C(F)(F)F)cc(C(F)(F)F)c2)Oc2cc(C(F)(F)F)cc(C(F)(F)F)c2)cc(C(F)(F)F)cc1C(F)(F)F)[N+](CCCCCCCC)(CCCCCCCC)CCCCCCCC. The summed E-state index contributed by atoms with van der Waals surface area (Å²) in [4.78, 5) is 0. The van der Waals surface area contributed by atoms with E-state index in [0.717, 1.165) is 128 Å². The molecule has 1 atom stereocenters. The molecule has 1 unspecified atom stereocenters. The van der Waals surface area contributed by atoms with Gasteiger partial charge in [-0.25, -0.2) is 0 Å². The average molecular weight is 1280 g/mol. The van der Waals surface area contributed by atoms with E-state index in [4.69, 9.17) is 14.0 Å². The quantitative estimate of drug-likeness (QED) is 0.0245. The van der Waals surface area contributed by atoms with Gasteiger partial charge in [0, 0.05) is 6.42 Å². The fourth-order valence-electron chi connectivity index (χ4n) is 11.3. The summed E-state index contributed by atoms with van der Waals surface area (Å²) in [5.74, 6) is -4.46. The Morgan fingerprint density at radius 3 is 0.851 bits per heavy atom. The van der Waals surface area contributed by atoms with Gasteiger partial charge in [-0.15, -0.1) is 0 Å². The van der Waals surface area contributed by atoms with Crippen molar-refractivity contribution in [3.8, 4) is 17.2 Å². The van der Waals surface area contributed by atoms with Crippen molar-refractivity contribution in [1.82, 2.24) is 0 Å². The molecule has 3 aromatic rings. The zero-order valence-corrected chi connectivity index (χ0v) is 51.0. The molecule has 0 N–H and O–H groups in total. The number of quaternary nitrogens is 1. The van der Waals surface area contributed by atoms with Crippen LogP contribution in [0.15, 0.2) is 48.5 Å². The van der Waals surface area contributed by atoms with Gasteiger partial charge in [-0.1, -0.05) is 182 Å². The highest BCUT2D eigenvalue weighted by atomic mass is 19.4. The Morgan fingerprint density at radius 1 is 0.310 bits per heavy atom. The molecule has 0 aliphatic heterocycles. The van der Waals surface area contributed by atoms with Crippen LogP contribution in [-0.2, 0) is 37.1 Å². The van der Waals surface area contributed by atoms with Crippen LogP contribution in [0.4, 0.5) is 79.0 Å². The molecule has 0 fully saturated rings. The van der Waals surface area contributed by atoms with Crippen molar-refractivity contribution in [2.45, 2.75) is 276 Å². The van der Waals surface area contributed by atoms with Crippen LogP contribution in [-0.4, -0.2) is 31.4 Å². The number of benzene rings is 3. The molecule has 23 heteroatoms. The molecule has 0 bridgehead atoms. The molecular formula is C64H91BF18NO3+. The molecule has 4 nitrogen and oxygen atoms in total. The van der Waals surface area contributed by atoms with Crippen LogP contribution >= 0.6 is 0 Å². The maximum atomic E-state index is 16.3. The van der Waals surface area contributed by atoms with Gasteiger partial charge in [-0.2, -0.15) is 79.0 Å². The monoisotopic (exact) mass is 1270 g/mol. The Labute approximate surface area is 504 Å². The Balaban J connectivity index is 2.54. The predicted octanol–water partition coefficient (Wildman–Crippen LogP) is 24.7. The second kappa shape index (κ2) is 37.2. The molecule has 0 aliphatic rings. The number of unbranched alkanes of at least 4 members (excludes halogenated alkanes) is 27. The highest BCUT2D eigenvalue weighted by Gasteiger charge is 2.49. The number of hydrogen-bond acceptors (Lipinski definition) is 3. The van der Waals surface area contributed by atoms with Crippen LogP contribution in [0.2, 0.25) is 0 Å². The van der Waals surface area contributed by atoms with Crippen LogP contribution < -0.4 is 14.0 Å². The molecule has 0 aromatic heterocycles. The first-order valence-electron chi connectivity index (χ1n) is 31.6. The lowest BCUT2D eigenvalue weighted by molar-refractivity contribution is -0.958. The van der Waals surface area contributed by atoms with E-state index in [9.17, 15) is 52.7 Å². The lowest BCUT2D eigenvalue weighted by atomic mass is 9.87. The van der Waals surface area contributed by atoms with Crippen molar-refractivity contribution < 1.29 is 97.5 Å². The van der Waals surface area contributed by atoms with E-state index >= 15 is 26.3 Å². The third kappa shape index (κ3) is 28.3. The molecule has 0 radical (unpaired) electrons. The molecule has 0 saturated carbocycles. The van der Waals surface area contributed by atoms with Gasteiger partial charge in [0.2, 0.25) is 0 Å². The number of hydrogen-bond donors (Lipinski definition) is 0. The van der Waals surface area contributed by atoms with E-state index in [-0.39, 0.29) is 85.5 Å². The zero-order chi connectivity index (χ0) is 65.0. The standard InChI is InChI=1S/C64H91BF18NO3/c1-5-9-13-17-21-22-23-24-25-26-27-28-32-36-56(84(37-33-29-18-14-10-6-2,38-34-30-19-15-11-7-3)39-35-31-20-16-12-8-4)58-55(64(81,82)83)46-52(63(78,79)80)47-57(58)87-65(85-53-42-48(59(66,67)68)40-49(43-53)60(69,70)71)86-54-44-50(61(72,73)74)41-51(45-54)62(75,76)77/h40-47,56H,5-39H2,1-4H3/q+1. The minimum atomic E-state index is -5.67. The van der Waals surface area contributed by atoms with Crippen LogP contribution in [0.1, 0.15) is 278 Å². The number of rotatable bonds is 43. The second-order valence-electron chi connectivity index (χ2n) is 23.3. The molecule has 0 amide bonds. The van der Waals surface area contributed by atoms with Gasteiger partial charge in [0.25, 0.3) is 0 Å². The first-order chi connectivity index (χ1) is 40.8. The maximum Gasteiger partial charge on any atom is 0.864 e. The Kier molecular flexibility index (Phi) is 33.0. The predicted molar refractivity (Wildman–Crippen MR) is 305 cm³/mol. The van der Waals surface area contributed by atoms with E-state index in [2.05, 4.69) is 6.92 Å². The van der Waals surface area contributed by atoms with Gasteiger partial charge in [0.05, 0.1) is 58.6 Å². The molecule has 0 spiro atoms. The van der Waals surface area contributed by atoms with Crippen molar-refractivity contribution in [3.63, 3.8) is 0 Å². The third-order valence-corrected chi connectivity index (χ3v) is 16.0. The van der Waals surface area contributed by atoms with Crippen LogP contribution in [0, 0.1) is 0 Å². The van der Waals surface area contributed by atoms with E-state index in [1.807, 2.05) is 20.8 Å². The fraction of sp³-hybridized carbons (Fsp3) is 0.719. The van der Waals surface area contributed by atoms with E-state index in [1.54, 1.807) is 0 Å². The summed E-state index contributed by atoms with van der Waals surface area (Å²) in [6.07, 6.45) is -8.70. The third-order valence-electron chi connectivity index (χ3n) is 16.0. The molecular weight excluding hydrogens is 1180 g/mol. The largest absolute Gasteiger partial charge is 0.864 e. The first-order valence-corrected chi connectivity index (χ1v) is 31.6. The summed E-state index contributed by atoms with van der Waals surface area (Å²) < 4.78 is 283. The van der Waals surface area contributed by atoms with Crippen molar-refractivity contribution >= 4 is 7.32 Å². The Bertz CT molecular complexity index is 2200. The lowest BCUT2D eigenvalue weighted by Crippen LogP contribution is -2.53. The highest BCUT2D eigenvalue weighted by Crippen LogP contribution is 2.50. The van der Waals surface area contributed by atoms with E-state index in [1.165, 1.54) is 12.8 Å². The van der Waals surface area contributed by atoms with Crippen molar-refractivity contribution in [2.24, 2.45) is 0 Å². The molecule has 87 heavy (non-hydrogen) atoms. The number of alkyl halides is 18. The second-order valence-corrected chi connectivity index (χ2v) is 23.3. The van der Waals surface area contributed by atoms with Crippen LogP contribution in [0.5, 0.6) is 17.2 Å².